The number of methoxy groups -OCH3 is 1. The van der Waals surface area contributed by atoms with Crippen LogP contribution in [0.3, 0.4) is 0 Å². The number of nitrogens with zero attached hydrogens (tertiary/aromatic N) is 7. The number of nitriles is 1. The molecule has 9 nitrogen and oxygen atoms in total. The molecule has 0 saturated heterocycles. The molecule has 32 heavy (non-hydrogen) atoms. The number of benzene rings is 2. The molecule has 0 fully saturated rings. The Morgan fingerprint density at radius 1 is 1.09 bits per heavy atom. The van der Waals surface area contributed by atoms with Crippen LogP contribution < -0.4 is 9.64 Å². The van der Waals surface area contributed by atoms with Crippen LogP contribution in [0.1, 0.15) is 22.2 Å². The summed E-state index contributed by atoms with van der Waals surface area (Å²) in [6, 6.07) is 16.2. The Morgan fingerprint density at radius 2 is 1.84 bits per heavy atom. The SMILES string of the molecule is COc1ccc([C@H]2[C@H]3N=C(c4ccccc4)N(c4nnc(C)s4)C3=NC(=N)N2C#N)cc1. The van der Waals surface area contributed by atoms with Crippen LogP contribution in [-0.4, -0.2) is 45.9 Å². The zero-order valence-corrected chi connectivity index (χ0v) is 18.1. The number of hydrogen-bond donors (Lipinski definition) is 1. The molecular weight excluding hydrogens is 424 g/mol. The first-order valence-electron chi connectivity index (χ1n) is 9.84. The monoisotopic (exact) mass is 442 g/mol. The Bertz CT molecular complexity index is 1280. The van der Waals surface area contributed by atoms with Crippen molar-refractivity contribution in [2.45, 2.75) is 19.0 Å². The molecule has 0 radical (unpaired) electrons. The van der Waals surface area contributed by atoms with E-state index in [0.29, 0.717) is 22.6 Å². The lowest BCUT2D eigenvalue weighted by atomic mass is 9.96. The summed E-state index contributed by atoms with van der Waals surface area (Å²) >= 11 is 1.43. The van der Waals surface area contributed by atoms with E-state index in [1.54, 1.807) is 7.11 Å². The van der Waals surface area contributed by atoms with E-state index in [4.69, 9.17) is 15.1 Å². The second-order valence-electron chi connectivity index (χ2n) is 7.18. The maximum absolute atomic E-state index is 9.84. The average Bonchev–Trinajstić information content (AvgIpc) is 3.42. The van der Waals surface area contributed by atoms with Crippen LogP contribution in [0.5, 0.6) is 5.75 Å². The van der Waals surface area contributed by atoms with Crippen LogP contribution in [0, 0.1) is 23.8 Å². The lowest BCUT2D eigenvalue weighted by molar-refractivity contribution is 0.388. The number of guanidine groups is 1. The Kier molecular flexibility index (Phi) is 4.88. The number of fused-ring (bicyclic) bond motifs is 1. The summed E-state index contributed by atoms with van der Waals surface area (Å²) < 4.78 is 5.28. The maximum atomic E-state index is 9.84. The molecule has 2 aliphatic heterocycles. The van der Waals surface area contributed by atoms with Crippen molar-refractivity contribution in [2.75, 3.05) is 12.0 Å². The van der Waals surface area contributed by atoms with Gasteiger partial charge in [-0.2, -0.15) is 10.3 Å². The van der Waals surface area contributed by atoms with Gasteiger partial charge in [-0.05, 0) is 24.6 Å². The van der Waals surface area contributed by atoms with Gasteiger partial charge in [0.2, 0.25) is 11.1 Å². The average molecular weight is 443 g/mol. The fourth-order valence-electron chi connectivity index (χ4n) is 3.85. The van der Waals surface area contributed by atoms with Gasteiger partial charge in [-0.3, -0.25) is 15.3 Å². The quantitative estimate of drug-likeness (QED) is 0.620. The molecule has 2 aliphatic rings. The summed E-state index contributed by atoms with van der Waals surface area (Å²) in [5.74, 6) is 1.78. The number of aromatic nitrogens is 2. The molecule has 1 N–H and O–H groups in total. The third-order valence-corrected chi connectivity index (χ3v) is 6.12. The van der Waals surface area contributed by atoms with Crippen molar-refractivity contribution < 1.29 is 4.74 Å². The Hall–Kier alpha value is -4.10. The van der Waals surface area contributed by atoms with Crippen LogP contribution in [0.2, 0.25) is 0 Å². The van der Waals surface area contributed by atoms with Crippen LogP contribution in [0.15, 0.2) is 64.6 Å². The zero-order chi connectivity index (χ0) is 22.2. The fourth-order valence-corrected chi connectivity index (χ4v) is 4.55. The summed E-state index contributed by atoms with van der Waals surface area (Å²) in [5, 5.41) is 28.2. The molecule has 3 aromatic rings. The molecule has 158 valence electrons. The number of amidine groups is 2. The first-order chi connectivity index (χ1) is 15.6. The van der Waals surface area contributed by atoms with Crippen LogP contribution >= 0.6 is 11.3 Å². The Balaban J connectivity index is 1.68. The highest BCUT2D eigenvalue weighted by atomic mass is 32.1. The summed E-state index contributed by atoms with van der Waals surface area (Å²) in [4.78, 5) is 12.6. The molecule has 0 saturated carbocycles. The van der Waals surface area contributed by atoms with Crippen LogP contribution in [0.25, 0.3) is 0 Å². The standard InChI is InChI=1S/C22H18N8OS/c1-13-27-28-22(32-13)30-19(15-6-4-3-5-7-15)25-17-18(14-8-10-16(31-2)11-9-14)29(12-23)21(24)26-20(17)30/h3-11,17-18,24H,1-2H3/t17-,18+/m1/s1. The van der Waals surface area contributed by atoms with Gasteiger partial charge in [0.25, 0.3) is 0 Å². The van der Waals surface area contributed by atoms with Gasteiger partial charge in [0, 0.05) is 5.56 Å². The van der Waals surface area contributed by atoms with Gasteiger partial charge in [-0.1, -0.05) is 53.8 Å². The molecule has 0 spiro atoms. The normalized spacial score (nSPS) is 19.8. The van der Waals surface area contributed by atoms with E-state index >= 15 is 0 Å². The topological polar surface area (TPSA) is 114 Å². The summed E-state index contributed by atoms with van der Waals surface area (Å²) in [6.45, 7) is 1.89. The molecule has 2 aromatic carbocycles. The Labute approximate surface area is 188 Å². The maximum Gasteiger partial charge on any atom is 0.233 e. The highest BCUT2D eigenvalue weighted by Gasteiger charge is 2.47. The Morgan fingerprint density at radius 3 is 2.47 bits per heavy atom. The number of rotatable bonds is 4. The van der Waals surface area contributed by atoms with Crippen molar-refractivity contribution in [3.05, 3.63) is 70.7 Å². The molecule has 10 heteroatoms. The summed E-state index contributed by atoms with van der Waals surface area (Å²) in [5.41, 5.74) is 1.72. The van der Waals surface area contributed by atoms with Crippen molar-refractivity contribution in [1.29, 1.82) is 10.7 Å². The van der Waals surface area contributed by atoms with Gasteiger partial charge in [-0.15, -0.1) is 10.2 Å². The third kappa shape index (κ3) is 3.19. The van der Waals surface area contributed by atoms with E-state index in [9.17, 15) is 5.26 Å². The number of aliphatic imine (C=N–C) groups is 2. The van der Waals surface area contributed by atoms with Gasteiger partial charge < -0.3 is 4.74 Å². The van der Waals surface area contributed by atoms with Gasteiger partial charge in [0.1, 0.15) is 34.5 Å². The number of aryl methyl sites for hydroxylation is 1. The third-order valence-electron chi connectivity index (χ3n) is 5.30. The minimum absolute atomic E-state index is 0.143. The first-order valence-corrected chi connectivity index (χ1v) is 10.7. The number of hydrogen-bond acceptors (Lipinski definition) is 8. The summed E-state index contributed by atoms with van der Waals surface area (Å²) in [6.07, 6.45) is 2.11. The van der Waals surface area contributed by atoms with E-state index in [-0.39, 0.29) is 5.96 Å². The fraction of sp³-hybridized carbons (Fsp3) is 0.182. The van der Waals surface area contributed by atoms with Crippen molar-refractivity contribution in [3.63, 3.8) is 0 Å². The largest absolute Gasteiger partial charge is 0.497 e. The molecule has 5 rings (SSSR count). The summed E-state index contributed by atoms with van der Waals surface area (Å²) in [7, 11) is 1.60. The number of nitrogens with one attached hydrogen (secondary N) is 1. The predicted octanol–water partition coefficient (Wildman–Crippen LogP) is 3.36. The highest BCUT2D eigenvalue weighted by molar-refractivity contribution is 7.15. The van der Waals surface area contributed by atoms with E-state index < -0.39 is 12.1 Å². The van der Waals surface area contributed by atoms with E-state index in [2.05, 4.69) is 21.4 Å². The van der Waals surface area contributed by atoms with Gasteiger partial charge in [0.15, 0.2) is 6.19 Å². The van der Waals surface area contributed by atoms with Crippen LogP contribution in [-0.2, 0) is 0 Å². The smallest absolute Gasteiger partial charge is 0.233 e. The molecule has 0 bridgehead atoms. The molecule has 0 amide bonds. The van der Waals surface area contributed by atoms with E-state index in [1.807, 2.05) is 66.4 Å². The molecule has 2 atom stereocenters. The second kappa shape index (κ2) is 7.86. The molecule has 1 aromatic heterocycles. The molecule has 0 aliphatic carbocycles. The van der Waals surface area contributed by atoms with E-state index in [1.165, 1.54) is 16.2 Å². The molecule has 0 unspecified atom stereocenters. The zero-order valence-electron chi connectivity index (χ0n) is 17.3. The first kappa shape index (κ1) is 19.8. The number of ether oxygens (including phenoxy) is 1. The van der Waals surface area contributed by atoms with Crippen molar-refractivity contribution in [3.8, 4) is 11.9 Å². The number of anilines is 1. The molecular formula is C22H18N8OS. The second-order valence-corrected chi connectivity index (χ2v) is 8.34. The van der Waals surface area contributed by atoms with Crippen LogP contribution in [0.4, 0.5) is 5.13 Å². The lowest BCUT2D eigenvalue weighted by Gasteiger charge is -2.34. The molecule has 3 heterocycles. The minimum atomic E-state index is -0.524. The highest BCUT2D eigenvalue weighted by Crippen LogP contribution is 2.38. The van der Waals surface area contributed by atoms with Crippen molar-refractivity contribution in [2.24, 2.45) is 9.98 Å². The van der Waals surface area contributed by atoms with E-state index in [0.717, 1.165) is 16.1 Å². The van der Waals surface area contributed by atoms with Crippen molar-refractivity contribution in [1.82, 2.24) is 15.1 Å². The van der Waals surface area contributed by atoms with Crippen molar-refractivity contribution >= 4 is 34.1 Å². The van der Waals surface area contributed by atoms with Gasteiger partial charge in [-0.25, -0.2) is 4.90 Å². The predicted molar refractivity (Wildman–Crippen MR) is 122 cm³/mol. The lowest BCUT2D eigenvalue weighted by Crippen LogP contribution is -2.48. The van der Waals surface area contributed by atoms with Gasteiger partial charge >= 0.3 is 0 Å². The van der Waals surface area contributed by atoms with Gasteiger partial charge in [0.05, 0.1) is 7.11 Å². The minimum Gasteiger partial charge on any atom is -0.497 e.